The van der Waals surface area contributed by atoms with Gasteiger partial charge in [-0.25, -0.2) is 0 Å². The molecule has 0 unspecified atom stereocenters. The molecule has 2 heterocycles. The van der Waals surface area contributed by atoms with E-state index in [1.54, 1.807) is 24.5 Å². The van der Waals surface area contributed by atoms with Crippen molar-refractivity contribution in [2.45, 2.75) is 20.4 Å². The fourth-order valence-corrected chi connectivity index (χ4v) is 1.77. The van der Waals surface area contributed by atoms with Crippen LogP contribution in [-0.2, 0) is 6.54 Å². The van der Waals surface area contributed by atoms with E-state index in [2.05, 4.69) is 15.6 Å². The van der Waals surface area contributed by atoms with Crippen molar-refractivity contribution in [3.05, 3.63) is 53.7 Å². The summed E-state index contributed by atoms with van der Waals surface area (Å²) < 4.78 is 5.14. The number of hydrogen-bond donors (Lipinski definition) is 2. The fourth-order valence-electron chi connectivity index (χ4n) is 1.77. The van der Waals surface area contributed by atoms with Crippen LogP contribution in [-0.4, -0.2) is 23.3 Å². The molecule has 2 rings (SSSR count). The monoisotopic (exact) mass is 301 g/mol. The summed E-state index contributed by atoms with van der Waals surface area (Å²) in [4.78, 5) is 28.0. The second kappa shape index (κ2) is 7.40. The summed E-state index contributed by atoms with van der Waals surface area (Å²) in [5.74, 6) is 0.451. The van der Waals surface area contributed by atoms with Crippen molar-refractivity contribution < 1.29 is 14.0 Å². The Labute approximate surface area is 128 Å². The van der Waals surface area contributed by atoms with Crippen LogP contribution in [0.25, 0.3) is 0 Å². The highest BCUT2D eigenvalue weighted by molar-refractivity contribution is 5.98. The number of aromatic nitrogens is 1. The molecule has 2 aromatic rings. The zero-order chi connectivity index (χ0) is 15.9. The number of nitrogens with one attached hydrogen (secondary N) is 2. The van der Waals surface area contributed by atoms with E-state index in [9.17, 15) is 9.59 Å². The summed E-state index contributed by atoms with van der Waals surface area (Å²) >= 11 is 0. The van der Waals surface area contributed by atoms with E-state index in [0.29, 0.717) is 23.8 Å². The van der Waals surface area contributed by atoms with E-state index in [0.717, 1.165) is 0 Å². The Balaban J connectivity index is 1.97. The molecule has 6 heteroatoms. The quantitative estimate of drug-likeness (QED) is 0.854. The van der Waals surface area contributed by atoms with Crippen LogP contribution in [0.5, 0.6) is 0 Å². The molecule has 116 valence electrons. The number of pyridine rings is 1. The smallest absolute Gasteiger partial charge is 0.270 e. The van der Waals surface area contributed by atoms with E-state index < -0.39 is 0 Å². The fraction of sp³-hybridized carbons (Fsp3) is 0.312. The van der Waals surface area contributed by atoms with Crippen molar-refractivity contribution in [2.75, 3.05) is 6.54 Å². The van der Waals surface area contributed by atoms with Gasteiger partial charge in [0, 0.05) is 18.3 Å². The summed E-state index contributed by atoms with van der Waals surface area (Å²) in [6.07, 6.45) is 2.99. The third-order valence-electron chi connectivity index (χ3n) is 2.93. The van der Waals surface area contributed by atoms with Crippen LogP contribution in [0.4, 0.5) is 0 Å². The molecule has 0 aliphatic heterocycles. The van der Waals surface area contributed by atoms with Crippen LogP contribution in [0.1, 0.15) is 40.5 Å². The number of rotatable bonds is 6. The highest BCUT2D eigenvalue weighted by atomic mass is 16.3. The number of nitrogens with zero attached hydrogens (tertiary/aromatic N) is 1. The Hall–Kier alpha value is -2.63. The lowest BCUT2D eigenvalue weighted by Gasteiger charge is -2.08. The van der Waals surface area contributed by atoms with E-state index in [1.807, 2.05) is 13.8 Å². The van der Waals surface area contributed by atoms with E-state index in [4.69, 9.17) is 4.42 Å². The molecule has 22 heavy (non-hydrogen) atoms. The van der Waals surface area contributed by atoms with Gasteiger partial charge >= 0.3 is 0 Å². The number of hydrogen-bond acceptors (Lipinski definition) is 4. The topological polar surface area (TPSA) is 84.2 Å². The first-order valence-corrected chi connectivity index (χ1v) is 7.11. The molecule has 0 aliphatic rings. The van der Waals surface area contributed by atoms with Gasteiger partial charge in [-0.2, -0.15) is 0 Å². The van der Waals surface area contributed by atoms with Crippen molar-refractivity contribution >= 4 is 11.8 Å². The van der Waals surface area contributed by atoms with E-state index in [1.165, 1.54) is 12.3 Å². The van der Waals surface area contributed by atoms with Crippen LogP contribution in [0.3, 0.4) is 0 Å². The average molecular weight is 301 g/mol. The molecule has 0 aliphatic carbocycles. The van der Waals surface area contributed by atoms with Crippen molar-refractivity contribution in [2.24, 2.45) is 5.92 Å². The predicted octanol–water partition coefficient (Wildman–Crippen LogP) is 1.99. The minimum Gasteiger partial charge on any atom is -0.467 e. The molecule has 0 saturated carbocycles. The minimum atomic E-state index is -0.352. The number of amides is 2. The van der Waals surface area contributed by atoms with Gasteiger partial charge in [0.2, 0.25) is 0 Å². The van der Waals surface area contributed by atoms with Gasteiger partial charge in [0.1, 0.15) is 11.5 Å². The van der Waals surface area contributed by atoms with Crippen molar-refractivity contribution in [1.82, 2.24) is 15.6 Å². The number of furan rings is 1. The van der Waals surface area contributed by atoms with Gasteiger partial charge in [-0.1, -0.05) is 13.8 Å². The predicted molar refractivity (Wildman–Crippen MR) is 81.3 cm³/mol. The lowest BCUT2D eigenvalue weighted by Crippen LogP contribution is -2.28. The highest BCUT2D eigenvalue weighted by Gasteiger charge is 2.12. The van der Waals surface area contributed by atoms with Crippen LogP contribution >= 0.6 is 0 Å². The number of carbonyl (C=O) groups excluding carboxylic acids is 2. The third-order valence-corrected chi connectivity index (χ3v) is 2.93. The van der Waals surface area contributed by atoms with E-state index >= 15 is 0 Å². The van der Waals surface area contributed by atoms with Gasteiger partial charge in [-0.05, 0) is 30.2 Å². The molecule has 2 aromatic heterocycles. The molecular weight excluding hydrogens is 282 g/mol. The second-order valence-corrected chi connectivity index (χ2v) is 5.30. The zero-order valence-corrected chi connectivity index (χ0v) is 12.6. The molecule has 0 atom stereocenters. The van der Waals surface area contributed by atoms with Gasteiger partial charge in [-0.3, -0.25) is 14.6 Å². The average Bonchev–Trinajstić information content (AvgIpc) is 3.03. The van der Waals surface area contributed by atoms with Crippen molar-refractivity contribution in [3.8, 4) is 0 Å². The Bertz CT molecular complexity index is 636. The van der Waals surface area contributed by atoms with Crippen LogP contribution in [0.2, 0.25) is 0 Å². The van der Waals surface area contributed by atoms with E-state index in [-0.39, 0.29) is 24.1 Å². The Kier molecular flexibility index (Phi) is 5.30. The summed E-state index contributed by atoms with van der Waals surface area (Å²) in [5.41, 5.74) is 0.613. The van der Waals surface area contributed by atoms with Gasteiger partial charge in [0.25, 0.3) is 11.8 Å². The summed E-state index contributed by atoms with van der Waals surface area (Å²) in [7, 11) is 0. The third kappa shape index (κ3) is 4.44. The van der Waals surface area contributed by atoms with Crippen LogP contribution < -0.4 is 10.6 Å². The lowest BCUT2D eigenvalue weighted by molar-refractivity contribution is 0.0943. The second-order valence-electron chi connectivity index (χ2n) is 5.30. The molecule has 0 saturated heterocycles. The Morgan fingerprint density at radius 2 is 2.05 bits per heavy atom. The molecule has 6 nitrogen and oxygen atoms in total. The van der Waals surface area contributed by atoms with Gasteiger partial charge < -0.3 is 15.1 Å². The maximum Gasteiger partial charge on any atom is 0.270 e. The Morgan fingerprint density at radius 1 is 1.23 bits per heavy atom. The maximum atomic E-state index is 12.0. The molecule has 0 fully saturated rings. The summed E-state index contributed by atoms with van der Waals surface area (Å²) in [6, 6.07) is 6.58. The molecule has 0 bridgehead atoms. The van der Waals surface area contributed by atoms with Gasteiger partial charge in [0.15, 0.2) is 0 Å². The zero-order valence-electron chi connectivity index (χ0n) is 12.6. The van der Waals surface area contributed by atoms with Crippen LogP contribution in [0, 0.1) is 5.92 Å². The number of carbonyl (C=O) groups is 2. The SMILES string of the molecule is CC(C)CNC(=O)c1ccnc(C(=O)NCc2ccco2)c1. The maximum absolute atomic E-state index is 12.0. The molecule has 0 radical (unpaired) electrons. The first-order chi connectivity index (χ1) is 10.6. The molecule has 0 aromatic carbocycles. The highest BCUT2D eigenvalue weighted by Crippen LogP contribution is 2.04. The normalized spacial score (nSPS) is 10.5. The van der Waals surface area contributed by atoms with Gasteiger partial charge in [0.05, 0.1) is 12.8 Å². The summed E-state index contributed by atoms with van der Waals surface area (Å²) in [5, 5.41) is 5.50. The standard InChI is InChI=1S/C16H19N3O3/c1-11(2)9-18-15(20)12-5-6-17-14(8-12)16(21)19-10-13-4-3-7-22-13/h3-8,11H,9-10H2,1-2H3,(H,18,20)(H,19,21). The molecule has 2 amide bonds. The first-order valence-electron chi connectivity index (χ1n) is 7.11. The molecular formula is C16H19N3O3. The van der Waals surface area contributed by atoms with Crippen molar-refractivity contribution in [3.63, 3.8) is 0 Å². The lowest BCUT2D eigenvalue weighted by atomic mass is 10.2. The minimum absolute atomic E-state index is 0.198. The summed E-state index contributed by atoms with van der Waals surface area (Å²) in [6.45, 7) is 4.89. The molecule has 2 N–H and O–H groups in total. The largest absolute Gasteiger partial charge is 0.467 e. The van der Waals surface area contributed by atoms with Crippen LogP contribution in [0.15, 0.2) is 41.1 Å². The molecule has 0 spiro atoms. The Morgan fingerprint density at radius 3 is 2.73 bits per heavy atom. The van der Waals surface area contributed by atoms with Gasteiger partial charge in [-0.15, -0.1) is 0 Å². The van der Waals surface area contributed by atoms with Crippen molar-refractivity contribution in [1.29, 1.82) is 0 Å². The first kappa shape index (κ1) is 15.8.